The molecule has 0 aliphatic rings. The van der Waals surface area contributed by atoms with E-state index in [9.17, 15) is 4.39 Å². The Bertz CT molecular complexity index is 538. The van der Waals surface area contributed by atoms with Crippen molar-refractivity contribution in [3.05, 3.63) is 57.5 Å². The van der Waals surface area contributed by atoms with Gasteiger partial charge < -0.3 is 10.5 Å². The third-order valence-corrected chi connectivity index (χ3v) is 3.96. The standard InChI is InChI=1S/C15H18FNOS/c1-10-7-8-14(19-10)15(11(2)17)18-9-12-5-3-4-6-13(12)16/h3-8,11,15H,9,17H2,1-2H3. The molecule has 2 rings (SSSR count). The van der Waals surface area contributed by atoms with Crippen LogP contribution in [0.2, 0.25) is 0 Å². The summed E-state index contributed by atoms with van der Waals surface area (Å²) in [7, 11) is 0. The van der Waals surface area contributed by atoms with Crippen molar-refractivity contribution in [2.75, 3.05) is 0 Å². The van der Waals surface area contributed by atoms with Gasteiger partial charge in [0.25, 0.3) is 0 Å². The van der Waals surface area contributed by atoms with Crippen LogP contribution in [0.15, 0.2) is 36.4 Å². The van der Waals surface area contributed by atoms with Crippen LogP contribution in [-0.4, -0.2) is 6.04 Å². The summed E-state index contributed by atoms with van der Waals surface area (Å²) in [6.45, 7) is 4.18. The van der Waals surface area contributed by atoms with Crippen molar-refractivity contribution >= 4 is 11.3 Å². The summed E-state index contributed by atoms with van der Waals surface area (Å²) >= 11 is 1.66. The minimum absolute atomic E-state index is 0.134. The van der Waals surface area contributed by atoms with Gasteiger partial charge in [-0.2, -0.15) is 0 Å². The van der Waals surface area contributed by atoms with Gasteiger partial charge in [-0.05, 0) is 32.0 Å². The highest BCUT2D eigenvalue weighted by molar-refractivity contribution is 7.12. The first kappa shape index (κ1) is 14.2. The second-order valence-corrected chi connectivity index (χ2v) is 5.95. The van der Waals surface area contributed by atoms with E-state index in [0.29, 0.717) is 5.56 Å². The van der Waals surface area contributed by atoms with E-state index in [-0.39, 0.29) is 24.6 Å². The van der Waals surface area contributed by atoms with E-state index < -0.39 is 0 Å². The van der Waals surface area contributed by atoms with Gasteiger partial charge in [0, 0.05) is 21.4 Å². The number of benzene rings is 1. The summed E-state index contributed by atoms with van der Waals surface area (Å²) in [6, 6.07) is 10.6. The summed E-state index contributed by atoms with van der Waals surface area (Å²) in [5, 5.41) is 0. The lowest BCUT2D eigenvalue weighted by molar-refractivity contribution is 0.0268. The fraction of sp³-hybridized carbons (Fsp3) is 0.333. The average molecular weight is 279 g/mol. The van der Waals surface area contributed by atoms with Gasteiger partial charge >= 0.3 is 0 Å². The van der Waals surface area contributed by atoms with Crippen molar-refractivity contribution in [2.24, 2.45) is 5.73 Å². The molecule has 2 aromatic rings. The van der Waals surface area contributed by atoms with Crippen LogP contribution < -0.4 is 5.73 Å². The summed E-state index contributed by atoms with van der Waals surface area (Å²) in [4.78, 5) is 2.30. The van der Waals surface area contributed by atoms with Crippen LogP contribution in [0.5, 0.6) is 0 Å². The molecule has 0 saturated heterocycles. The number of halogens is 1. The maximum absolute atomic E-state index is 13.5. The molecule has 2 N–H and O–H groups in total. The second kappa shape index (κ2) is 6.28. The van der Waals surface area contributed by atoms with Crippen LogP contribution in [0.4, 0.5) is 4.39 Å². The molecule has 2 nitrogen and oxygen atoms in total. The molecule has 1 aromatic carbocycles. The first-order valence-electron chi connectivity index (χ1n) is 6.25. The first-order chi connectivity index (χ1) is 9.08. The Hall–Kier alpha value is -1.23. The Balaban J connectivity index is 2.08. The Morgan fingerprint density at radius 1 is 1.26 bits per heavy atom. The summed E-state index contributed by atoms with van der Waals surface area (Å²) in [6.07, 6.45) is -0.196. The molecular weight excluding hydrogens is 261 g/mol. The Morgan fingerprint density at radius 3 is 2.58 bits per heavy atom. The van der Waals surface area contributed by atoms with Gasteiger partial charge in [-0.3, -0.25) is 0 Å². The third-order valence-electron chi connectivity index (χ3n) is 2.90. The minimum Gasteiger partial charge on any atom is -0.366 e. The molecule has 2 unspecified atom stereocenters. The average Bonchev–Trinajstić information content (AvgIpc) is 2.78. The van der Waals surface area contributed by atoms with E-state index in [1.165, 1.54) is 10.9 Å². The van der Waals surface area contributed by atoms with Gasteiger partial charge in [0.15, 0.2) is 0 Å². The van der Waals surface area contributed by atoms with E-state index in [0.717, 1.165) is 4.88 Å². The lowest BCUT2D eigenvalue weighted by atomic mass is 10.1. The zero-order chi connectivity index (χ0) is 13.8. The van der Waals surface area contributed by atoms with E-state index in [4.69, 9.17) is 10.5 Å². The highest BCUT2D eigenvalue weighted by atomic mass is 32.1. The molecule has 0 amide bonds. The number of hydrogen-bond donors (Lipinski definition) is 1. The summed E-state index contributed by atoms with van der Waals surface area (Å²) in [5.41, 5.74) is 6.52. The van der Waals surface area contributed by atoms with Crippen molar-refractivity contribution in [3.8, 4) is 0 Å². The highest BCUT2D eigenvalue weighted by Gasteiger charge is 2.19. The molecule has 0 radical (unpaired) electrons. The zero-order valence-electron chi connectivity index (χ0n) is 11.1. The summed E-state index contributed by atoms with van der Waals surface area (Å²) in [5.74, 6) is -0.242. The van der Waals surface area contributed by atoms with Crippen LogP contribution in [0.3, 0.4) is 0 Å². The zero-order valence-corrected chi connectivity index (χ0v) is 11.9. The maximum atomic E-state index is 13.5. The van der Waals surface area contributed by atoms with Crippen LogP contribution >= 0.6 is 11.3 Å². The van der Waals surface area contributed by atoms with Crippen molar-refractivity contribution in [1.29, 1.82) is 0 Å². The van der Waals surface area contributed by atoms with E-state index in [2.05, 4.69) is 0 Å². The van der Waals surface area contributed by atoms with Gasteiger partial charge in [-0.15, -0.1) is 11.3 Å². The molecular formula is C15H18FNOS. The number of hydrogen-bond acceptors (Lipinski definition) is 3. The molecule has 0 fully saturated rings. The Morgan fingerprint density at radius 2 is 2.00 bits per heavy atom. The van der Waals surface area contributed by atoms with Gasteiger partial charge in [0.2, 0.25) is 0 Å². The molecule has 0 saturated carbocycles. The van der Waals surface area contributed by atoms with Gasteiger partial charge in [-0.1, -0.05) is 18.2 Å². The first-order valence-corrected chi connectivity index (χ1v) is 7.06. The number of rotatable bonds is 5. The third kappa shape index (κ3) is 3.62. The predicted molar refractivity (Wildman–Crippen MR) is 76.6 cm³/mol. The van der Waals surface area contributed by atoms with Crippen LogP contribution in [0.1, 0.15) is 28.3 Å². The number of aryl methyl sites for hydroxylation is 1. The smallest absolute Gasteiger partial charge is 0.128 e. The predicted octanol–water partition coefficient (Wildman–Crippen LogP) is 3.80. The molecule has 0 bridgehead atoms. The minimum atomic E-state index is -0.242. The van der Waals surface area contributed by atoms with Crippen molar-refractivity contribution in [3.63, 3.8) is 0 Å². The van der Waals surface area contributed by atoms with Crippen molar-refractivity contribution < 1.29 is 9.13 Å². The Kier molecular flexibility index (Phi) is 4.69. The molecule has 1 heterocycles. The van der Waals surface area contributed by atoms with Crippen LogP contribution in [0.25, 0.3) is 0 Å². The fourth-order valence-corrected chi connectivity index (χ4v) is 2.94. The molecule has 1 aromatic heterocycles. The molecule has 0 aliphatic carbocycles. The number of ether oxygens (including phenoxy) is 1. The number of thiophene rings is 1. The molecule has 4 heteroatoms. The summed E-state index contributed by atoms with van der Waals surface area (Å²) < 4.78 is 19.4. The van der Waals surface area contributed by atoms with Crippen LogP contribution in [0, 0.1) is 12.7 Å². The maximum Gasteiger partial charge on any atom is 0.128 e. The fourth-order valence-electron chi connectivity index (χ4n) is 1.89. The topological polar surface area (TPSA) is 35.2 Å². The normalized spacial score (nSPS) is 14.3. The van der Waals surface area contributed by atoms with E-state index in [1.54, 1.807) is 29.5 Å². The Labute approximate surface area is 117 Å². The number of nitrogens with two attached hydrogens (primary N) is 1. The van der Waals surface area contributed by atoms with Crippen LogP contribution in [-0.2, 0) is 11.3 Å². The molecule has 0 spiro atoms. The van der Waals surface area contributed by atoms with E-state index >= 15 is 0 Å². The van der Waals surface area contributed by atoms with Gasteiger partial charge in [-0.25, -0.2) is 4.39 Å². The highest BCUT2D eigenvalue weighted by Crippen LogP contribution is 2.28. The lowest BCUT2D eigenvalue weighted by Crippen LogP contribution is -2.26. The molecule has 102 valence electrons. The molecule has 0 aliphatic heterocycles. The monoisotopic (exact) mass is 279 g/mol. The van der Waals surface area contributed by atoms with Crippen molar-refractivity contribution in [1.82, 2.24) is 0 Å². The van der Waals surface area contributed by atoms with Gasteiger partial charge in [0.05, 0.1) is 6.61 Å². The largest absolute Gasteiger partial charge is 0.366 e. The van der Waals surface area contributed by atoms with E-state index in [1.807, 2.05) is 26.0 Å². The molecule has 2 atom stereocenters. The SMILES string of the molecule is Cc1ccc(C(OCc2ccccc2F)C(C)N)s1. The van der Waals surface area contributed by atoms with Crippen molar-refractivity contribution in [2.45, 2.75) is 32.6 Å². The second-order valence-electron chi connectivity index (χ2n) is 4.63. The van der Waals surface area contributed by atoms with Gasteiger partial charge in [0.1, 0.15) is 11.9 Å². The quantitative estimate of drug-likeness (QED) is 0.903. The lowest BCUT2D eigenvalue weighted by Gasteiger charge is -2.20. The molecule has 19 heavy (non-hydrogen) atoms.